The standard InChI is InChI=1S/C24H21N3O3S/c28-22(25-13-14-30-21-12-6-10-17-7-4-5-11-20(17)21)15-19-16-31-24(26-19)27-23(29)18-8-2-1-3-9-18/h1-12,16H,13-15H2,(H,25,28)(H,26,27,29). The molecule has 4 aromatic rings. The number of aromatic nitrogens is 1. The molecule has 0 fully saturated rings. The molecule has 0 saturated carbocycles. The molecule has 0 aliphatic heterocycles. The second-order valence-electron chi connectivity index (χ2n) is 6.82. The highest BCUT2D eigenvalue weighted by atomic mass is 32.1. The van der Waals surface area contributed by atoms with Crippen molar-refractivity contribution in [2.24, 2.45) is 0 Å². The fourth-order valence-corrected chi connectivity index (χ4v) is 3.81. The molecule has 0 atom stereocenters. The molecule has 0 spiro atoms. The van der Waals surface area contributed by atoms with Crippen molar-refractivity contribution in [1.29, 1.82) is 0 Å². The van der Waals surface area contributed by atoms with Crippen LogP contribution in [0.1, 0.15) is 16.1 Å². The summed E-state index contributed by atoms with van der Waals surface area (Å²) in [5.41, 5.74) is 1.17. The largest absolute Gasteiger partial charge is 0.491 e. The van der Waals surface area contributed by atoms with Gasteiger partial charge in [0.05, 0.1) is 18.7 Å². The Morgan fingerprint density at radius 2 is 1.71 bits per heavy atom. The number of carbonyl (C=O) groups excluding carboxylic acids is 2. The molecule has 6 nitrogen and oxygen atoms in total. The molecule has 31 heavy (non-hydrogen) atoms. The third kappa shape index (κ3) is 5.46. The lowest BCUT2D eigenvalue weighted by molar-refractivity contribution is -0.120. The van der Waals surface area contributed by atoms with Crippen LogP contribution >= 0.6 is 11.3 Å². The zero-order valence-corrected chi connectivity index (χ0v) is 17.5. The van der Waals surface area contributed by atoms with E-state index in [9.17, 15) is 9.59 Å². The smallest absolute Gasteiger partial charge is 0.257 e. The number of carbonyl (C=O) groups is 2. The first-order valence-electron chi connectivity index (χ1n) is 9.87. The molecule has 0 aliphatic carbocycles. The van der Waals surface area contributed by atoms with E-state index in [0.29, 0.717) is 29.5 Å². The number of nitrogens with zero attached hydrogens (tertiary/aromatic N) is 1. The Hall–Kier alpha value is -3.71. The van der Waals surface area contributed by atoms with Gasteiger partial charge in [0.15, 0.2) is 5.13 Å². The minimum Gasteiger partial charge on any atom is -0.491 e. The van der Waals surface area contributed by atoms with Crippen molar-refractivity contribution < 1.29 is 14.3 Å². The highest BCUT2D eigenvalue weighted by molar-refractivity contribution is 7.14. The van der Waals surface area contributed by atoms with Gasteiger partial charge in [0.2, 0.25) is 5.91 Å². The van der Waals surface area contributed by atoms with Crippen LogP contribution in [0.4, 0.5) is 5.13 Å². The average molecular weight is 432 g/mol. The second kappa shape index (κ2) is 9.86. The predicted molar refractivity (Wildman–Crippen MR) is 123 cm³/mol. The van der Waals surface area contributed by atoms with Gasteiger partial charge in [-0.1, -0.05) is 54.6 Å². The number of anilines is 1. The van der Waals surface area contributed by atoms with E-state index in [1.807, 2.05) is 48.5 Å². The van der Waals surface area contributed by atoms with Crippen LogP contribution in [-0.2, 0) is 11.2 Å². The summed E-state index contributed by atoms with van der Waals surface area (Å²) < 4.78 is 5.83. The normalized spacial score (nSPS) is 10.6. The molecular formula is C24H21N3O3S. The summed E-state index contributed by atoms with van der Waals surface area (Å²) >= 11 is 1.29. The lowest BCUT2D eigenvalue weighted by Crippen LogP contribution is -2.29. The third-order valence-corrected chi connectivity index (χ3v) is 5.39. The molecule has 3 aromatic carbocycles. The highest BCUT2D eigenvalue weighted by Crippen LogP contribution is 2.24. The molecule has 2 N–H and O–H groups in total. The number of ether oxygens (including phenoxy) is 1. The maximum absolute atomic E-state index is 12.2. The number of thiazole rings is 1. The molecular weight excluding hydrogens is 410 g/mol. The number of hydrogen-bond donors (Lipinski definition) is 2. The maximum Gasteiger partial charge on any atom is 0.257 e. The van der Waals surface area contributed by atoms with Crippen LogP contribution in [0.25, 0.3) is 10.8 Å². The molecule has 156 valence electrons. The molecule has 2 amide bonds. The number of amides is 2. The molecule has 0 bridgehead atoms. The van der Waals surface area contributed by atoms with Crippen molar-refractivity contribution >= 4 is 39.1 Å². The van der Waals surface area contributed by atoms with Crippen LogP contribution in [0, 0.1) is 0 Å². The number of benzene rings is 3. The van der Waals surface area contributed by atoms with E-state index in [1.54, 1.807) is 29.6 Å². The maximum atomic E-state index is 12.2. The summed E-state index contributed by atoms with van der Waals surface area (Å²) in [7, 11) is 0. The monoisotopic (exact) mass is 431 g/mol. The summed E-state index contributed by atoms with van der Waals surface area (Å²) in [6, 6.07) is 22.8. The summed E-state index contributed by atoms with van der Waals surface area (Å²) in [5, 5.41) is 9.99. The van der Waals surface area contributed by atoms with E-state index in [1.165, 1.54) is 11.3 Å². The first kappa shape index (κ1) is 20.6. The fraction of sp³-hybridized carbons (Fsp3) is 0.125. The highest BCUT2D eigenvalue weighted by Gasteiger charge is 2.11. The SMILES string of the molecule is O=C(Cc1csc(NC(=O)c2ccccc2)n1)NCCOc1cccc2ccccc12. The molecule has 0 saturated heterocycles. The lowest BCUT2D eigenvalue weighted by Gasteiger charge is -2.10. The quantitative estimate of drug-likeness (QED) is 0.408. The van der Waals surface area contributed by atoms with Gasteiger partial charge in [0.1, 0.15) is 12.4 Å². The van der Waals surface area contributed by atoms with Crippen molar-refractivity contribution in [2.75, 3.05) is 18.5 Å². The summed E-state index contributed by atoms with van der Waals surface area (Å²) in [6.45, 7) is 0.763. The molecule has 7 heteroatoms. The minimum atomic E-state index is -0.225. The Kier molecular flexibility index (Phi) is 6.54. The van der Waals surface area contributed by atoms with Crippen LogP contribution in [0.5, 0.6) is 5.75 Å². The average Bonchev–Trinajstić information content (AvgIpc) is 3.23. The van der Waals surface area contributed by atoms with Crippen LogP contribution < -0.4 is 15.4 Å². The van der Waals surface area contributed by atoms with Crippen molar-refractivity contribution in [3.63, 3.8) is 0 Å². The summed E-state index contributed by atoms with van der Waals surface area (Å²) in [5.74, 6) is 0.426. The number of rotatable bonds is 8. The van der Waals surface area contributed by atoms with Crippen molar-refractivity contribution in [3.05, 3.63) is 89.4 Å². The van der Waals surface area contributed by atoms with Gasteiger partial charge in [0.25, 0.3) is 5.91 Å². The van der Waals surface area contributed by atoms with E-state index in [2.05, 4.69) is 15.6 Å². The van der Waals surface area contributed by atoms with E-state index in [-0.39, 0.29) is 18.2 Å². The van der Waals surface area contributed by atoms with Gasteiger partial charge < -0.3 is 10.1 Å². The second-order valence-corrected chi connectivity index (χ2v) is 7.67. The fourth-order valence-electron chi connectivity index (χ4n) is 3.10. The van der Waals surface area contributed by atoms with Crippen molar-refractivity contribution in [3.8, 4) is 5.75 Å². The Balaban J connectivity index is 1.23. The van der Waals surface area contributed by atoms with E-state index in [0.717, 1.165) is 16.5 Å². The molecule has 4 rings (SSSR count). The van der Waals surface area contributed by atoms with Crippen molar-refractivity contribution in [1.82, 2.24) is 10.3 Å². The zero-order chi connectivity index (χ0) is 21.5. The number of nitrogens with one attached hydrogen (secondary N) is 2. The van der Waals surface area contributed by atoms with Gasteiger partial charge >= 0.3 is 0 Å². The first-order valence-corrected chi connectivity index (χ1v) is 10.7. The van der Waals surface area contributed by atoms with Crippen molar-refractivity contribution in [2.45, 2.75) is 6.42 Å². The summed E-state index contributed by atoms with van der Waals surface area (Å²) in [4.78, 5) is 28.7. The van der Waals surface area contributed by atoms with Gasteiger partial charge in [-0.2, -0.15) is 0 Å². The molecule has 0 radical (unpaired) electrons. The van der Waals surface area contributed by atoms with Crippen LogP contribution in [0.15, 0.2) is 78.2 Å². The zero-order valence-electron chi connectivity index (χ0n) is 16.7. The lowest BCUT2D eigenvalue weighted by atomic mass is 10.1. The molecule has 1 heterocycles. The van der Waals surface area contributed by atoms with Gasteiger partial charge in [0, 0.05) is 16.3 Å². The topological polar surface area (TPSA) is 80.3 Å². The van der Waals surface area contributed by atoms with Gasteiger partial charge in [-0.05, 0) is 23.6 Å². The van der Waals surface area contributed by atoms with Crippen LogP contribution in [0.3, 0.4) is 0 Å². The van der Waals surface area contributed by atoms with E-state index < -0.39 is 0 Å². The Morgan fingerprint density at radius 1 is 0.935 bits per heavy atom. The minimum absolute atomic E-state index is 0.145. The Bertz CT molecular complexity index is 1190. The molecule has 0 unspecified atom stereocenters. The summed E-state index contributed by atoms with van der Waals surface area (Å²) in [6.07, 6.45) is 0.145. The van der Waals surface area contributed by atoms with Gasteiger partial charge in [-0.25, -0.2) is 4.98 Å². The Labute approximate surface area is 183 Å². The van der Waals surface area contributed by atoms with Crippen LogP contribution in [-0.4, -0.2) is 29.9 Å². The van der Waals surface area contributed by atoms with Gasteiger partial charge in [-0.3, -0.25) is 14.9 Å². The predicted octanol–water partition coefficient (Wildman–Crippen LogP) is 4.29. The van der Waals surface area contributed by atoms with E-state index >= 15 is 0 Å². The van der Waals surface area contributed by atoms with Crippen LogP contribution in [0.2, 0.25) is 0 Å². The third-order valence-electron chi connectivity index (χ3n) is 4.58. The molecule has 0 aliphatic rings. The number of fused-ring (bicyclic) bond motifs is 1. The number of hydrogen-bond acceptors (Lipinski definition) is 5. The first-order chi connectivity index (χ1) is 15.2. The van der Waals surface area contributed by atoms with E-state index in [4.69, 9.17) is 4.74 Å². The van der Waals surface area contributed by atoms with Gasteiger partial charge in [-0.15, -0.1) is 11.3 Å². The molecule has 1 aromatic heterocycles. The Morgan fingerprint density at radius 3 is 2.58 bits per heavy atom.